The smallest absolute Gasteiger partial charge is 0.263 e. The molecule has 0 aliphatic rings. The maximum atomic E-state index is 12.2. The van der Waals surface area contributed by atoms with Crippen molar-refractivity contribution in [3.8, 4) is 0 Å². The van der Waals surface area contributed by atoms with Crippen LogP contribution in [0.3, 0.4) is 0 Å². The molecular formula is C13H16N4O2S. The molecule has 20 heavy (non-hydrogen) atoms. The van der Waals surface area contributed by atoms with Crippen LogP contribution in [0, 0.1) is 0 Å². The minimum Gasteiger partial charge on any atom is -0.308 e. The van der Waals surface area contributed by atoms with E-state index in [-0.39, 0.29) is 4.90 Å². The average molecular weight is 292 g/mol. The van der Waals surface area contributed by atoms with E-state index in [2.05, 4.69) is 15.1 Å². The minimum atomic E-state index is -3.64. The monoisotopic (exact) mass is 292 g/mol. The van der Waals surface area contributed by atoms with Gasteiger partial charge in [-0.05, 0) is 36.2 Å². The fourth-order valence-electron chi connectivity index (χ4n) is 1.65. The van der Waals surface area contributed by atoms with Crippen molar-refractivity contribution in [1.29, 1.82) is 0 Å². The summed E-state index contributed by atoms with van der Waals surface area (Å²) in [4.78, 5) is 3.96. The molecule has 0 spiro atoms. The highest BCUT2D eigenvalue weighted by Crippen LogP contribution is 2.17. The number of nitrogen functional groups attached to an aromatic ring is 1. The van der Waals surface area contributed by atoms with Gasteiger partial charge in [0.25, 0.3) is 10.0 Å². The number of sulfonamides is 1. The quantitative estimate of drug-likeness (QED) is 0.576. The van der Waals surface area contributed by atoms with E-state index in [0.717, 1.165) is 12.0 Å². The number of nitrogens with two attached hydrogens (primary N) is 1. The van der Waals surface area contributed by atoms with Gasteiger partial charge in [-0.15, -0.1) is 0 Å². The molecule has 2 aromatic rings. The lowest BCUT2D eigenvalue weighted by molar-refractivity contribution is 0.601. The normalized spacial score (nSPS) is 11.1. The molecule has 0 bridgehead atoms. The molecule has 7 heteroatoms. The number of hydrogen-bond acceptors (Lipinski definition) is 5. The molecule has 1 heterocycles. The lowest BCUT2D eigenvalue weighted by Gasteiger charge is -2.08. The zero-order valence-corrected chi connectivity index (χ0v) is 11.8. The fraction of sp³-hybridized carbons (Fsp3) is 0.154. The van der Waals surface area contributed by atoms with Gasteiger partial charge in [0.2, 0.25) is 0 Å². The summed E-state index contributed by atoms with van der Waals surface area (Å²) in [6, 6.07) is 10.2. The molecule has 1 aromatic heterocycles. The number of hydrazine groups is 1. The Morgan fingerprint density at radius 1 is 1.15 bits per heavy atom. The van der Waals surface area contributed by atoms with E-state index in [1.165, 1.54) is 18.3 Å². The van der Waals surface area contributed by atoms with Gasteiger partial charge >= 0.3 is 0 Å². The van der Waals surface area contributed by atoms with E-state index < -0.39 is 10.0 Å². The standard InChI is InChI=1S/C13H16N4O2S/c1-2-10-3-5-11(6-4-10)17-20(18,19)12-7-8-13(16-14)15-9-12/h3-9,17H,2,14H2,1H3,(H,15,16). The molecule has 0 saturated carbocycles. The summed E-state index contributed by atoms with van der Waals surface area (Å²) in [5.41, 5.74) is 4.00. The predicted octanol–water partition coefficient (Wildman–Crippen LogP) is 1.73. The van der Waals surface area contributed by atoms with Crippen molar-refractivity contribution in [2.24, 2.45) is 5.84 Å². The highest BCUT2D eigenvalue weighted by molar-refractivity contribution is 7.92. The molecule has 0 atom stereocenters. The van der Waals surface area contributed by atoms with Crippen molar-refractivity contribution in [3.05, 3.63) is 48.2 Å². The van der Waals surface area contributed by atoms with Gasteiger partial charge in [-0.2, -0.15) is 0 Å². The third kappa shape index (κ3) is 3.25. The lowest BCUT2D eigenvalue weighted by atomic mass is 10.2. The van der Waals surface area contributed by atoms with Crippen LogP contribution in [0.4, 0.5) is 11.5 Å². The van der Waals surface area contributed by atoms with E-state index in [1.54, 1.807) is 12.1 Å². The summed E-state index contributed by atoms with van der Waals surface area (Å²) in [7, 11) is -3.64. The Kier molecular flexibility index (Phi) is 4.21. The van der Waals surface area contributed by atoms with Crippen LogP contribution >= 0.6 is 0 Å². The Bertz CT molecular complexity index is 667. The van der Waals surface area contributed by atoms with Crippen LogP contribution in [-0.2, 0) is 16.4 Å². The second-order valence-electron chi connectivity index (χ2n) is 4.18. The van der Waals surface area contributed by atoms with E-state index in [0.29, 0.717) is 11.5 Å². The first-order valence-electron chi connectivity index (χ1n) is 6.09. The third-order valence-corrected chi connectivity index (χ3v) is 4.18. The zero-order valence-electron chi connectivity index (χ0n) is 11.0. The topological polar surface area (TPSA) is 97.1 Å². The van der Waals surface area contributed by atoms with Crippen LogP contribution in [0.15, 0.2) is 47.5 Å². The Morgan fingerprint density at radius 2 is 1.85 bits per heavy atom. The predicted molar refractivity (Wildman–Crippen MR) is 78.7 cm³/mol. The van der Waals surface area contributed by atoms with Crippen LogP contribution in [0.5, 0.6) is 0 Å². The number of nitrogens with zero attached hydrogens (tertiary/aromatic N) is 1. The first-order valence-corrected chi connectivity index (χ1v) is 7.58. The van der Waals surface area contributed by atoms with Gasteiger partial charge in [-0.25, -0.2) is 19.2 Å². The van der Waals surface area contributed by atoms with E-state index >= 15 is 0 Å². The molecular weight excluding hydrogens is 276 g/mol. The van der Waals surface area contributed by atoms with Crippen molar-refractivity contribution in [2.75, 3.05) is 10.1 Å². The number of rotatable bonds is 5. The molecule has 0 aliphatic carbocycles. The summed E-state index contributed by atoms with van der Waals surface area (Å²) < 4.78 is 26.8. The summed E-state index contributed by atoms with van der Waals surface area (Å²) in [6.07, 6.45) is 2.16. The number of pyridine rings is 1. The number of hydrogen-bond donors (Lipinski definition) is 3. The van der Waals surface area contributed by atoms with Crippen LogP contribution in [0.2, 0.25) is 0 Å². The summed E-state index contributed by atoms with van der Waals surface area (Å²) in [5.74, 6) is 5.58. The van der Waals surface area contributed by atoms with Crippen molar-refractivity contribution in [2.45, 2.75) is 18.2 Å². The number of nitrogens with one attached hydrogen (secondary N) is 2. The average Bonchev–Trinajstić information content (AvgIpc) is 2.48. The summed E-state index contributed by atoms with van der Waals surface area (Å²) in [6.45, 7) is 2.04. The number of aryl methyl sites for hydroxylation is 1. The maximum absolute atomic E-state index is 12.2. The van der Waals surface area contributed by atoms with E-state index in [4.69, 9.17) is 5.84 Å². The summed E-state index contributed by atoms with van der Waals surface area (Å²) in [5, 5.41) is 0. The molecule has 0 saturated heterocycles. The molecule has 0 fully saturated rings. The first-order chi connectivity index (χ1) is 9.55. The SMILES string of the molecule is CCc1ccc(NS(=O)(=O)c2ccc(NN)nc2)cc1. The Hall–Kier alpha value is -2.12. The molecule has 0 amide bonds. The van der Waals surface area contributed by atoms with E-state index in [9.17, 15) is 8.42 Å². The highest BCUT2D eigenvalue weighted by atomic mass is 32.2. The number of benzene rings is 1. The lowest BCUT2D eigenvalue weighted by Crippen LogP contribution is -2.14. The van der Waals surface area contributed by atoms with Crippen LogP contribution in [-0.4, -0.2) is 13.4 Å². The molecule has 1 aromatic carbocycles. The molecule has 106 valence electrons. The van der Waals surface area contributed by atoms with Crippen molar-refractivity contribution >= 4 is 21.5 Å². The van der Waals surface area contributed by atoms with Gasteiger partial charge in [0.15, 0.2) is 0 Å². The van der Waals surface area contributed by atoms with Gasteiger partial charge in [-0.3, -0.25) is 4.72 Å². The van der Waals surface area contributed by atoms with Gasteiger partial charge in [0.1, 0.15) is 10.7 Å². The second kappa shape index (κ2) is 5.89. The number of aromatic nitrogens is 1. The van der Waals surface area contributed by atoms with E-state index in [1.807, 2.05) is 19.1 Å². The third-order valence-electron chi connectivity index (χ3n) is 2.81. The second-order valence-corrected chi connectivity index (χ2v) is 5.86. The highest BCUT2D eigenvalue weighted by Gasteiger charge is 2.14. The van der Waals surface area contributed by atoms with Gasteiger partial charge in [-0.1, -0.05) is 19.1 Å². The van der Waals surface area contributed by atoms with Crippen LogP contribution < -0.4 is 16.0 Å². The molecule has 0 unspecified atom stereocenters. The van der Waals surface area contributed by atoms with Gasteiger partial charge < -0.3 is 5.43 Å². The molecule has 4 N–H and O–H groups in total. The molecule has 0 aliphatic heterocycles. The first kappa shape index (κ1) is 14.3. The number of anilines is 2. The van der Waals surface area contributed by atoms with Crippen LogP contribution in [0.25, 0.3) is 0 Å². The largest absolute Gasteiger partial charge is 0.308 e. The van der Waals surface area contributed by atoms with Crippen molar-refractivity contribution < 1.29 is 8.42 Å². The Balaban J connectivity index is 2.20. The van der Waals surface area contributed by atoms with Crippen molar-refractivity contribution in [1.82, 2.24) is 4.98 Å². The fourth-order valence-corrected chi connectivity index (χ4v) is 2.65. The van der Waals surface area contributed by atoms with Crippen molar-refractivity contribution in [3.63, 3.8) is 0 Å². The summed E-state index contributed by atoms with van der Waals surface area (Å²) >= 11 is 0. The molecule has 2 rings (SSSR count). The Morgan fingerprint density at radius 3 is 2.35 bits per heavy atom. The Labute approximate surface area is 118 Å². The van der Waals surface area contributed by atoms with Crippen LogP contribution in [0.1, 0.15) is 12.5 Å². The zero-order chi connectivity index (χ0) is 14.6. The maximum Gasteiger partial charge on any atom is 0.263 e. The molecule has 6 nitrogen and oxygen atoms in total. The van der Waals surface area contributed by atoms with Gasteiger partial charge in [0.05, 0.1) is 0 Å². The molecule has 0 radical (unpaired) electrons. The minimum absolute atomic E-state index is 0.0797. The van der Waals surface area contributed by atoms with Gasteiger partial charge in [0, 0.05) is 11.9 Å².